The third-order valence-corrected chi connectivity index (χ3v) is 4.95. The first kappa shape index (κ1) is 19.2. The van der Waals surface area contributed by atoms with Crippen LogP contribution in [0.5, 0.6) is 17.2 Å². The summed E-state index contributed by atoms with van der Waals surface area (Å²) in [5, 5.41) is 0.197. The second kappa shape index (κ2) is 7.97. The molecule has 0 saturated heterocycles. The Morgan fingerprint density at radius 2 is 1.96 bits per heavy atom. The van der Waals surface area contributed by atoms with Crippen LogP contribution in [0, 0.1) is 6.92 Å². The van der Waals surface area contributed by atoms with Gasteiger partial charge in [0.2, 0.25) is 0 Å². The van der Waals surface area contributed by atoms with Crippen LogP contribution in [0.3, 0.4) is 0 Å². The molecule has 10 heteroatoms. The van der Waals surface area contributed by atoms with E-state index < -0.39 is 17.8 Å². The van der Waals surface area contributed by atoms with Crippen molar-refractivity contribution in [3.63, 3.8) is 0 Å². The predicted octanol–water partition coefficient (Wildman–Crippen LogP) is 3.19. The molecule has 2 aromatic heterocycles. The lowest BCUT2D eigenvalue weighted by atomic mass is 10.2. The van der Waals surface area contributed by atoms with Gasteiger partial charge in [0.25, 0.3) is 0 Å². The highest BCUT2D eigenvalue weighted by Crippen LogP contribution is 2.34. The summed E-state index contributed by atoms with van der Waals surface area (Å²) in [6.07, 6.45) is 1.61. The van der Waals surface area contributed by atoms with Crippen molar-refractivity contribution in [1.82, 2.24) is 15.0 Å². The molecule has 0 saturated carbocycles. The van der Waals surface area contributed by atoms with Crippen molar-refractivity contribution < 1.29 is 27.5 Å². The van der Waals surface area contributed by atoms with E-state index in [0.717, 1.165) is 5.56 Å². The highest BCUT2D eigenvalue weighted by Gasteiger charge is 2.23. The van der Waals surface area contributed by atoms with Gasteiger partial charge in [0.15, 0.2) is 17.3 Å². The highest BCUT2D eigenvalue weighted by atomic mass is 32.2. The first-order valence-corrected chi connectivity index (χ1v) is 9.14. The van der Waals surface area contributed by atoms with Crippen LogP contribution in [0.15, 0.2) is 29.6 Å². The molecule has 7 nitrogen and oxygen atoms in total. The van der Waals surface area contributed by atoms with Crippen molar-refractivity contribution in [2.75, 3.05) is 14.2 Å². The lowest BCUT2D eigenvalue weighted by Gasteiger charge is -2.14. The van der Waals surface area contributed by atoms with E-state index in [1.807, 2.05) is 6.92 Å². The molecular formula is C17H17F2N3O4S. The van der Waals surface area contributed by atoms with Crippen molar-refractivity contribution >= 4 is 22.2 Å². The number of rotatable bonds is 7. The lowest BCUT2D eigenvalue weighted by Crippen LogP contribution is -2.10. The van der Waals surface area contributed by atoms with E-state index in [0.29, 0.717) is 28.2 Å². The zero-order valence-electron chi connectivity index (χ0n) is 14.8. The van der Waals surface area contributed by atoms with Gasteiger partial charge in [-0.1, -0.05) is 0 Å². The van der Waals surface area contributed by atoms with E-state index in [4.69, 9.17) is 9.47 Å². The zero-order chi connectivity index (χ0) is 19.6. The molecule has 0 radical (unpaired) electrons. The molecule has 3 aromatic rings. The molecule has 1 aromatic carbocycles. The number of imidazole rings is 1. The van der Waals surface area contributed by atoms with Gasteiger partial charge in [-0.25, -0.2) is 0 Å². The Morgan fingerprint density at radius 1 is 1.22 bits per heavy atom. The molecule has 1 N–H and O–H groups in total. The first-order valence-electron chi connectivity index (χ1n) is 7.82. The summed E-state index contributed by atoms with van der Waals surface area (Å²) in [6, 6.07) is 4.27. The number of H-pyrrole nitrogens is 1. The second-order valence-corrected chi connectivity index (χ2v) is 6.91. The molecule has 0 aliphatic rings. The van der Waals surface area contributed by atoms with Gasteiger partial charge < -0.3 is 18.8 Å². The van der Waals surface area contributed by atoms with E-state index in [-0.39, 0.29) is 16.7 Å². The van der Waals surface area contributed by atoms with Gasteiger partial charge in [0, 0.05) is 29.0 Å². The van der Waals surface area contributed by atoms with Gasteiger partial charge in [-0.05, 0) is 19.1 Å². The normalized spacial score (nSPS) is 12.4. The number of aromatic nitrogens is 3. The summed E-state index contributed by atoms with van der Waals surface area (Å²) in [6.45, 7) is -1.10. The van der Waals surface area contributed by atoms with E-state index in [1.54, 1.807) is 6.20 Å². The second-order valence-electron chi connectivity index (χ2n) is 5.54. The first-order chi connectivity index (χ1) is 12.9. The molecule has 0 fully saturated rings. The number of benzene rings is 1. The van der Waals surface area contributed by atoms with Crippen LogP contribution in [0.2, 0.25) is 0 Å². The summed E-state index contributed by atoms with van der Waals surface area (Å²) in [7, 11) is 3.00. The maximum Gasteiger partial charge on any atom is 0.387 e. The Hall–Kier alpha value is -2.59. The van der Waals surface area contributed by atoms with Crippen LogP contribution in [-0.2, 0) is 16.9 Å². The number of aryl methyl sites for hydroxylation is 1. The molecule has 1 atom stereocenters. The van der Waals surface area contributed by atoms with Crippen LogP contribution in [0.4, 0.5) is 8.78 Å². The van der Waals surface area contributed by atoms with Gasteiger partial charge in [0.1, 0.15) is 11.4 Å². The van der Waals surface area contributed by atoms with Gasteiger partial charge in [-0.3, -0.25) is 9.97 Å². The molecule has 0 bridgehead atoms. The Kier molecular flexibility index (Phi) is 5.66. The van der Waals surface area contributed by atoms with Crippen molar-refractivity contribution in [3.05, 3.63) is 35.7 Å². The Balaban J connectivity index is 1.87. The van der Waals surface area contributed by atoms with Crippen molar-refractivity contribution in [3.8, 4) is 17.2 Å². The van der Waals surface area contributed by atoms with Crippen LogP contribution >= 0.6 is 0 Å². The number of hydrogen-bond acceptors (Lipinski definition) is 6. The Bertz CT molecular complexity index is 951. The fourth-order valence-corrected chi connectivity index (χ4v) is 3.62. The molecular weight excluding hydrogens is 380 g/mol. The average molecular weight is 397 g/mol. The minimum absolute atomic E-state index is 0.0204. The van der Waals surface area contributed by atoms with Crippen molar-refractivity contribution in [2.24, 2.45) is 0 Å². The minimum Gasteiger partial charge on any atom is -0.609 e. The number of ether oxygens (including phenoxy) is 3. The molecule has 27 heavy (non-hydrogen) atoms. The Labute approximate surface area is 156 Å². The van der Waals surface area contributed by atoms with Gasteiger partial charge in [-0.15, -0.1) is 0 Å². The monoisotopic (exact) mass is 397 g/mol. The topological polar surface area (TPSA) is 92.3 Å². The SMILES string of the molecule is COc1c(C)cnc(C[S+]([O-])c2nc3cc(OC(F)F)ccc3[nH]2)c1OC. The van der Waals surface area contributed by atoms with Crippen LogP contribution in [0.25, 0.3) is 11.0 Å². The summed E-state index contributed by atoms with van der Waals surface area (Å²) in [5.41, 5.74) is 2.18. The summed E-state index contributed by atoms with van der Waals surface area (Å²) in [4.78, 5) is 11.4. The zero-order valence-corrected chi connectivity index (χ0v) is 15.6. The van der Waals surface area contributed by atoms with Gasteiger partial charge in [-0.2, -0.15) is 13.8 Å². The van der Waals surface area contributed by atoms with Gasteiger partial charge in [0.05, 0.1) is 25.3 Å². The number of fused-ring (bicyclic) bond motifs is 1. The number of alkyl halides is 2. The Morgan fingerprint density at radius 3 is 2.63 bits per heavy atom. The number of hydrogen-bond donors (Lipinski definition) is 1. The molecule has 3 rings (SSSR count). The number of methoxy groups -OCH3 is 2. The highest BCUT2D eigenvalue weighted by molar-refractivity contribution is 7.90. The maximum atomic E-state index is 12.7. The van der Waals surface area contributed by atoms with Gasteiger partial charge >= 0.3 is 11.8 Å². The summed E-state index contributed by atoms with van der Waals surface area (Å²) in [5.74, 6) is 0.959. The number of nitrogens with one attached hydrogen (secondary N) is 1. The number of nitrogens with zero attached hydrogens (tertiary/aromatic N) is 2. The predicted molar refractivity (Wildman–Crippen MR) is 94.9 cm³/mol. The van der Waals surface area contributed by atoms with E-state index >= 15 is 0 Å². The fraction of sp³-hybridized carbons (Fsp3) is 0.294. The standard InChI is InChI=1S/C17H17F2N3O4S/c1-9-7-20-13(15(25-3)14(9)24-2)8-27(23)17-21-11-5-4-10(26-16(18)19)6-12(11)22-17/h4-7,16H,8H2,1-3H3,(H,21,22). The smallest absolute Gasteiger partial charge is 0.387 e. The molecule has 0 spiro atoms. The molecule has 1 unspecified atom stereocenters. The molecule has 0 amide bonds. The number of aromatic amines is 1. The van der Waals surface area contributed by atoms with Crippen LogP contribution < -0.4 is 14.2 Å². The number of pyridine rings is 1. The van der Waals surface area contributed by atoms with Crippen molar-refractivity contribution in [1.29, 1.82) is 0 Å². The number of halogens is 2. The maximum absolute atomic E-state index is 12.7. The fourth-order valence-electron chi connectivity index (χ4n) is 2.61. The van der Waals surface area contributed by atoms with E-state index in [2.05, 4.69) is 19.7 Å². The minimum atomic E-state index is -2.93. The largest absolute Gasteiger partial charge is 0.609 e. The molecule has 2 heterocycles. The van der Waals surface area contributed by atoms with Crippen molar-refractivity contribution in [2.45, 2.75) is 24.4 Å². The summed E-state index contributed by atoms with van der Waals surface area (Å²) >= 11 is -1.57. The third-order valence-electron chi connectivity index (χ3n) is 3.79. The molecule has 144 valence electrons. The van der Waals surface area contributed by atoms with E-state index in [1.165, 1.54) is 32.4 Å². The average Bonchev–Trinajstić information content (AvgIpc) is 3.05. The van der Waals surface area contributed by atoms with Crippen LogP contribution in [0.1, 0.15) is 11.3 Å². The molecule has 0 aliphatic heterocycles. The van der Waals surface area contributed by atoms with Crippen LogP contribution in [-0.4, -0.2) is 40.3 Å². The third kappa shape index (κ3) is 4.06. The molecule has 0 aliphatic carbocycles. The quantitative estimate of drug-likeness (QED) is 0.616. The lowest BCUT2D eigenvalue weighted by molar-refractivity contribution is -0.0497. The van der Waals surface area contributed by atoms with E-state index in [9.17, 15) is 13.3 Å². The summed E-state index contributed by atoms with van der Waals surface area (Å²) < 4.78 is 52.4.